The van der Waals surface area contributed by atoms with Crippen molar-refractivity contribution in [3.05, 3.63) is 34.9 Å². The zero-order valence-corrected chi connectivity index (χ0v) is 24.4. The van der Waals surface area contributed by atoms with Crippen molar-refractivity contribution in [3.63, 3.8) is 0 Å². The van der Waals surface area contributed by atoms with E-state index in [2.05, 4.69) is 17.6 Å². The fourth-order valence-corrected chi connectivity index (χ4v) is 4.07. The topological polar surface area (TPSA) is 87.7 Å². The Morgan fingerprint density at radius 3 is 2.14 bits per heavy atom. The van der Waals surface area contributed by atoms with E-state index < -0.39 is 29.3 Å². The molecule has 0 aliphatic heterocycles. The first-order valence-electron chi connectivity index (χ1n) is 13.2. The molecule has 1 aromatic carbocycles. The van der Waals surface area contributed by atoms with Gasteiger partial charge in [0.2, 0.25) is 11.8 Å². The highest BCUT2D eigenvalue weighted by molar-refractivity contribution is 5.93. The van der Waals surface area contributed by atoms with Gasteiger partial charge in [0, 0.05) is 12.1 Å². The minimum absolute atomic E-state index is 0.169. The van der Waals surface area contributed by atoms with Gasteiger partial charge in [-0.25, -0.2) is 4.79 Å². The normalized spacial score (nSPS) is 14.4. The Labute approximate surface area is 218 Å². The summed E-state index contributed by atoms with van der Waals surface area (Å²) in [5.41, 5.74) is 1.40. The van der Waals surface area contributed by atoms with Gasteiger partial charge in [0.05, 0.1) is 0 Å². The number of nitrogens with zero attached hydrogens (tertiary/aromatic N) is 1. The Hall–Kier alpha value is -2.57. The molecule has 0 aliphatic rings. The lowest BCUT2D eigenvalue weighted by Gasteiger charge is -2.44. The smallest absolute Gasteiger partial charge is 0.408 e. The van der Waals surface area contributed by atoms with E-state index in [-0.39, 0.29) is 17.7 Å². The molecule has 0 fully saturated rings. The molecular weight excluding hydrogens is 454 g/mol. The van der Waals surface area contributed by atoms with Crippen molar-refractivity contribution in [2.45, 2.75) is 119 Å². The maximum atomic E-state index is 14.3. The van der Waals surface area contributed by atoms with E-state index in [1.165, 1.54) is 0 Å². The molecule has 0 aromatic heterocycles. The molecule has 0 bridgehead atoms. The standard InChI is InChI=1S/C29H49N3O4/c1-12-14-18-30-25(33)24(22-17-15-16-20(4)21(22)5)32(28(6,7)8)26(34)23(19(3)13-2)31-27(35)36-29(9,10)11/h15-17,19,23-24H,12-14,18H2,1-11H3,(H,30,33)(H,31,35). The van der Waals surface area contributed by atoms with Gasteiger partial charge in [0.25, 0.3) is 0 Å². The molecule has 3 amide bonds. The number of ether oxygens (including phenoxy) is 1. The molecule has 1 rings (SSSR count). The van der Waals surface area contributed by atoms with Crippen molar-refractivity contribution in [3.8, 4) is 0 Å². The maximum Gasteiger partial charge on any atom is 0.408 e. The summed E-state index contributed by atoms with van der Waals surface area (Å²) in [4.78, 5) is 42.4. The molecule has 0 heterocycles. The number of carbonyl (C=O) groups excluding carboxylic acids is 3. The lowest BCUT2D eigenvalue weighted by molar-refractivity contribution is -0.149. The molecule has 2 N–H and O–H groups in total. The number of unbranched alkanes of at least 4 members (excludes halogenated alkanes) is 1. The molecule has 3 unspecified atom stereocenters. The minimum atomic E-state index is -0.847. The van der Waals surface area contributed by atoms with Crippen molar-refractivity contribution >= 4 is 17.9 Å². The van der Waals surface area contributed by atoms with E-state index in [0.29, 0.717) is 13.0 Å². The number of benzene rings is 1. The van der Waals surface area contributed by atoms with Crippen LogP contribution in [0.15, 0.2) is 18.2 Å². The van der Waals surface area contributed by atoms with Gasteiger partial charge in [-0.2, -0.15) is 0 Å². The van der Waals surface area contributed by atoms with Gasteiger partial charge in [0.15, 0.2) is 0 Å². The minimum Gasteiger partial charge on any atom is -0.444 e. The third kappa shape index (κ3) is 8.82. The largest absolute Gasteiger partial charge is 0.444 e. The van der Waals surface area contributed by atoms with Crippen LogP contribution in [0.1, 0.15) is 104 Å². The highest BCUT2D eigenvalue weighted by Crippen LogP contribution is 2.33. The second-order valence-corrected chi connectivity index (χ2v) is 11.7. The number of amides is 3. The SMILES string of the molecule is CCCCNC(=O)C(c1cccc(C)c1C)N(C(=O)C(NC(=O)OC(C)(C)C)C(C)CC)C(C)(C)C. The second-order valence-electron chi connectivity index (χ2n) is 11.7. The van der Waals surface area contributed by atoms with Gasteiger partial charge in [0.1, 0.15) is 17.7 Å². The van der Waals surface area contributed by atoms with Crippen LogP contribution in [0.2, 0.25) is 0 Å². The molecule has 0 aliphatic carbocycles. The van der Waals surface area contributed by atoms with Crippen LogP contribution in [0.3, 0.4) is 0 Å². The van der Waals surface area contributed by atoms with Crippen molar-refractivity contribution in [2.75, 3.05) is 6.54 Å². The molecule has 0 spiro atoms. The van der Waals surface area contributed by atoms with Crippen molar-refractivity contribution in [1.29, 1.82) is 0 Å². The zero-order chi connectivity index (χ0) is 27.8. The Bertz CT molecular complexity index is 899. The van der Waals surface area contributed by atoms with Gasteiger partial charge in [-0.15, -0.1) is 0 Å². The highest BCUT2D eigenvalue weighted by atomic mass is 16.6. The summed E-state index contributed by atoms with van der Waals surface area (Å²) in [5.74, 6) is -0.697. The lowest BCUT2D eigenvalue weighted by Crippen LogP contribution is -2.60. The summed E-state index contributed by atoms with van der Waals surface area (Å²) in [6.45, 7) is 21.6. The van der Waals surface area contributed by atoms with Crippen LogP contribution in [0.25, 0.3) is 0 Å². The van der Waals surface area contributed by atoms with Crippen LogP contribution in [-0.2, 0) is 14.3 Å². The number of nitrogens with one attached hydrogen (secondary N) is 2. The van der Waals surface area contributed by atoms with Crippen LogP contribution in [0, 0.1) is 19.8 Å². The second kappa shape index (κ2) is 13.1. The summed E-state index contributed by atoms with van der Waals surface area (Å²) in [5, 5.41) is 5.86. The molecule has 7 heteroatoms. The van der Waals surface area contributed by atoms with Crippen LogP contribution in [-0.4, -0.2) is 46.5 Å². The van der Waals surface area contributed by atoms with E-state index in [1.807, 2.05) is 66.7 Å². The summed E-state index contributed by atoms with van der Waals surface area (Å²) in [7, 11) is 0. The molecular formula is C29H49N3O4. The van der Waals surface area contributed by atoms with Gasteiger partial charge in [-0.05, 0) is 84.4 Å². The van der Waals surface area contributed by atoms with Gasteiger partial charge >= 0.3 is 6.09 Å². The first kappa shape index (κ1) is 31.5. The molecule has 0 saturated carbocycles. The average Bonchev–Trinajstić information content (AvgIpc) is 2.75. The van der Waals surface area contributed by atoms with Gasteiger partial charge in [-0.1, -0.05) is 51.8 Å². The van der Waals surface area contributed by atoms with E-state index in [0.717, 1.165) is 29.5 Å². The molecule has 7 nitrogen and oxygen atoms in total. The van der Waals surface area contributed by atoms with E-state index in [1.54, 1.807) is 25.7 Å². The number of hydrogen-bond donors (Lipinski definition) is 2. The maximum absolute atomic E-state index is 14.3. The van der Waals surface area contributed by atoms with E-state index in [4.69, 9.17) is 4.74 Å². The number of aryl methyl sites for hydroxylation is 1. The van der Waals surface area contributed by atoms with Gasteiger partial charge < -0.3 is 20.3 Å². The lowest BCUT2D eigenvalue weighted by atomic mass is 9.89. The van der Waals surface area contributed by atoms with Crippen LogP contribution in [0.4, 0.5) is 4.79 Å². The summed E-state index contributed by atoms with van der Waals surface area (Å²) in [6.07, 6.45) is 1.82. The Morgan fingerprint density at radius 2 is 1.64 bits per heavy atom. The molecule has 3 atom stereocenters. The molecule has 204 valence electrons. The van der Waals surface area contributed by atoms with E-state index in [9.17, 15) is 14.4 Å². The quantitative estimate of drug-likeness (QED) is 0.393. The van der Waals surface area contributed by atoms with Crippen molar-refractivity contribution < 1.29 is 19.1 Å². The molecule has 1 aromatic rings. The summed E-state index contributed by atoms with van der Waals surface area (Å²) >= 11 is 0. The third-order valence-electron chi connectivity index (χ3n) is 6.39. The highest BCUT2D eigenvalue weighted by Gasteiger charge is 2.43. The third-order valence-corrected chi connectivity index (χ3v) is 6.39. The molecule has 0 saturated heterocycles. The Balaban J connectivity index is 3.64. The number of rotatable bonds is 10. The van der Waals surface area contributed by atoms with Crippen LogP contribution < -0.4 is 10.6 Å². The average molecular weight is 504 g/mol. The predicted octanol–water partition coefficient (Wildman–Crippen LogP) is 5.83. The van der Waals surface area contributed by atoms with Crippen LogP contribution in [0.5, 0.6) is 0 Å². The first-order valence-corrected chi connectivity index (χ1v) is 13.2. The number of alkyl carbamates (subject to hydrolysis) is 1. The first-order chi connectivity index (χ1) is 16.5. The van der Waals surface area contributed by atoms with Crippen molar-refractivity contribution in [2.24, 2.45) is 5.92 Å². The monoisotopic (exact) mass is 503 g/mol. The van der Waals surface area contributed by atoms with Crippen molar-refractivity contribution in [1.82, 2.24) is 15.5 Å². The summed E-state index contributed by atoms with van der Waals surface area (Å²) in [6, 6.07) is 4.14. The van der Waals surface area contributed by atoms with Gasteiger partial charge in [-0.3, -0.25) is 9.59 Å². The fraction of sp³-hybridized carbons (Fsp3) is 0.690. The zero-order valence-electron chi connectivity index (χ0n) is 24.4. The summed E-state index contributed by atoms with van der Waals surface area (Å²) < 4.78 is 5.47. The Kier molecular flexibility index (Phi) is 11.5. The number of carbonyl (C=O) groups is 3. The molecule has 36 heavy (non-hydrogen) atoms. The van der Waals surface area contributed by atoms with E-state index >= 15 is 0 Å². The molecule has 0 radical (unpaired) electrons. The number of hydrogen-bond acceptors (Lipinski definition) is 4. The van der Waals surface area contributed by atoms with Crippen LogP contribution >= 0.6 is 0 Å². The predicted molar refractivity (Wildman–Crippen MR) is 146 cm³/mol. The Morgan fingerprint density at radius 1 is 1.03 bits per heavy atom. The fourth-order valence-electron chi connectivity index (χ4n) is 4.07.